The van der Waals surface area contributed by atoms with Crippen LogP contribution in [-0.4, -0.2) is 38.3 Å². The van der Waals surface area contributed by atoms with Crippen LogP contribution in [0.15, 0.2) is 47.4 Å². The van der Waals surface area contributed by atoms with Crippen molar-refractivity contribution in [1.82, 2.24) is 9.62 Å². The van der Waals surface area contributed by atoms with E-state index in [1.807, 2.05) is 38.1 Å². The standard InChI is InChI=1S/C22H27ClN2O4S/c1-3-29-21-11-10-19(13-20(21)23)30(27,28)25-12-4-5-18(15-25)22(26)24-14-17-8-6-16(2)7-9-17/h6-11,13,18H,3-5,12,14-15H2,1-2H3,(H,24,26)/t18-/m1/s1. The number of benzene rings is 2. The van der Waals surface area contributed by atoms with Crippen molar-refractivity contribution in [2.75, 3.05) is 19.7 Å². The molecule has 0 saturated carbocycles. The average Bonchev–Trinajstić information content (AvgIpc) is 2.74. The summed E-state index contributed by atoms with van der Waals surface area (Å²) in [5.41, 5.74) is 2.17. The van der Waals surface area contributed by atoms with Crippen LogP contribution in [0.25, 0.3) is 0 Å². The molecule has 0 aromatic heterocycles. The van der Waals surface area contributed by atoms with E-state index < -0.39 is 10.0 Å². The van der Waals surface area contributed by atoms with Crippen LogP contribution in [0.1, 0.15) is 30.9 Å². The molecule has 3 rings (SSSR count). The van der Waals surface area contributed by atoms with Crippen LogP contribution in [0.5, 0.6) is 5.75 Å². The number of nitrogens with zero attached hydrogens (tertiary/aromatic N) is 1. The second kappa shape index (κ2) is 9.81. The molecule has 0 bridgehead atoms. The van der Waals surface area contributed by atoms with E-state index in [1.54, 1.807) is 6.07 Å². The third-order valence-electron chi connectivity index (χ3n) is 5.18. The van der Waals surface area contributed by atoms with Crippen molar-refractivity contribution in [3.8, 4) is 5.75 Å². The summed E-state index contributed by atoms with van der Waals surface area (Å²) < 4.78 is 32.9. The van der Waals surface area contributed by atoms with Crippen LogP contribution in [0.4, 0.5) is 0 Å². The molecule has 30 heavy (non-hydrogen) atoms. The lowest BCUT2D eigenvalue weighted by Crippen LogP contribution is -2.45. The summed E-state index contributed by atoms with van der Waals surface area (Å²) in [6.45, 7) is 5.26. The molecular weight excluding hydrogens is 424 g/mol. The molecule has 0 unspecified atom stereocenters. The van der Waals surface area contributed by atoms with Crippen LogP contribution in [0.3, 0.4) is 0 Å². The minimum atomic E-state index is -3.74. The van der Waals surface area contributed by atoms with E-state index in [1.165, 1.54) is 16.4 Å². The van der Waals surface area contributed by atoms with Crippen LogP contribution in [0.2, 0.25) is 5.02 Å². The van der Waals surface area contributed by atoms with Gasteiger partial charge in [-0.25, -0.2) is 8.42 Å². The van der Waals surface area contributed by atoms with Crippen LogP contribution >= 0.6 is 11.6 Å². The van der Waals surface area contributed by atoms with E-state index in [9.17, 15) is 13.2 Å². The number of halogens is 1. The maximum atomic E-state index is 13.1. The van der Waals surface area contributed by atoms with Crippen molar-refractivity contribution in [3.05, 3.63) is 58.6 Å². The highest BCUT2D eigenvalue weighted by molar-refractivity contribution is 7.89. The molecule has 0 spiro atoms. The first-order valence-electron chi connectivity index (χ1n) is 10.1. The van der Waals surface area contributed by atoms with Gasteiger partial charge in [0.1, 0.15) is 5.75 Å². The Bertz CT molecular complexity index is 993. The van der Waals surface area contributed by atoms with Gasteiger partial charge in [-0.2, -0.15) is 4.31 Å². The topological polar surface area (TPSA) is 75.7 Å². The Balaban J connectivity index is 1.66. The van der Waals surface area contributed by atoms with Crippen molar-refractivity contribution in [3.63, 3.8) is 0 Å². The lowest BCUT2D eigenvalue weighted by Gasteiger charge is -2.31. The quantitative estimate of drug-likeness (QED) is 0.696. The Kier molecular flexibility index (Phi) is 7.39. The molecular formula is C22H27ClN2O4S. The highest BCUT2D eigenvalue weighted by Crippen LogP contribution is 2.30. The molecule has 1 aliphatic rings. The number of piperidine rings is 1. The summed E-state index contributed by atoms with van der Waals surface area (Å²) in [5, 5.41) is 3.18. The first-order chi connectivity index (χ1) is 14.3. The predicted molar refractivity (Wildman–Crippen MR) is 117 cm³/mol. The zero-order valence-corrected chi connectivity index (χ0v) is 18.8. The number of hydrogen-bond donors (Lipinski definition) is 1. The first kappa shape index (κ1) is 22.6. The Morgan fingerprint density at radius 2 is 1.97 bits per heavy atom. The second-order valence-electron chi connectivity index (χ2n) is 7.43. The lowest BCUT2D eigenvalue weighted by molar-refractivity contribution is -0.126. The number of sulfonamides is 1. The van der Waals surface area contributed by atoms with Gasteiger partial charge in [0.15, 0.2) is 0 Å². The molecule has 1 N–H and O–H groups in total. The van der Waals surface area contributed by atoms with Gasteiger partial charge >= 0.3 is 0 Å². The number of hydrogen-bond acceptors (Lipinski definition) is 4. The molecule has 0 radical (unpaired) electrons. The van der Waals surface area contributed by atoms with Gasteiger partial charge in [0, 0.05) is 19.6 Å². The van der Waals surface area contributed by atoms with Gasteiger partial charge in [-0.3, -0.25) is 4.79 Å². The molecule has 1 heterocycles. The molecule has 1 aliphatic heterocycles. The Hall–Kier alpha value is -2.09. The summed E-state index contributed by atoms with van der Waals surface area (Å²) in [6, 6.07) is 12.4. The predicted octanol–water partition coefficient (Wildman–Crippen LogP) is 3.76. The highest BCUT2D eigenvalue weighted by atomic mass is 35.5. The van der Waals surface area contributed by atoms with E-state index in [0.29, 0.717) is 38.3 Å². The highest BCUT2D eigenvalue weighted by Gasteiger charge is 2.33. The van der Waals surface area contributed by atoms with Crippen molar-refractivity contribution >= 4 is 27.5 Å². The van der Waals surface area contributed by atoms with E-state index >= 15 is 0 Å². The zero-order valence-electron chi connectivity index (χ0n) is 17.2. The maximum absolute atomic E-state index is 13.1. The summed E-state index contributed by atoms with van der Waals surface area (Å²) in [7, 11) is -3.74. The summed E-state index contributed by atoms with van der Waals surface area (Å²) >= 11 is 6.17. The Labute approximate surface area is 183 Å². The minimum absolute atomic E-state index is 0.108. The monoisotopic (exact) mass is 450 g/mol. The largest absolute Gasteiger partial charge is 0.492 e. The van der Waals surface area contributed by atoms with Crippen molar-refractivity contribution in [1.29, 1.82) is 0 Å². The molecule has 0 aliphatic carbocycles. The number of amides is 1. The van der Waals surface area contributed by atoms with E-state index in [-0.39, 0.29) is 28.3 Å². The Morgan fingerprint density at radius 3 is 2.63 bits per heavy atom. The molecule has 1 amide bonds. The molecule has 2 aromatic carbocycles. The van der Waals surface area contributed by atoms with Crippen LogP contribution in [0, 0.1) is 12.8 Å². The number of ether oxygens (including phenoxy) is 1. The van der Waals surface area contributed by atoms with Gasteiger partial charge in [-0.15, -0.1) is 0 Å². The number of carbonyl (C=O) groups excluding carboxylic acids is 1. The summed E-state index contributed by atoms with van der Waals surface area (Å²) in [5.74, 6) is -0.0533. The maximum Gasteiger partial charge on any atom is 0.243 e. The van der Waals surface area contributed by atoms with Gasteiger partial charge in [-0.05, 0) is 50.5 Å². The minimum Gasteiger partial charge on any atom is -0.492 e. The smallest absolute Gasteiger partial charge is 0.243 e. The molecule has 2 aromatic rings. The molecule has 1 saturated heterocycles. The SMILES string of the molecule is CCOc1ccc(S(=O)(=O)N2CCC[C@@H](C(=O)NCc3ccc(C)cc3)C2)cc1Cl. The molecule has 162 valence electrons. The first-order valence-corrected chi connectivity index (χ1v) is 11.9. The zero-order chi connectivity index (χ0) is 21.7. The van der Waals surface area contributed by atoms with Crippen LogP contribution in [-0.2, 0) is 21.4 Å². The molecule has 8 heteroatoms. The fourth-order valence-electron chi connectivity index (χ4n) is 3.48. The fourth-order valence-corrected chi connectivity index (χ4v) is 5.33. The Morgan fingerprint density at radius 1 is 1.23 bits per heavy atom. The third kappa shape index (κ3) is 5.33. The third-order valence-corrected chi connectivity index (χ3v) is 7.34. The summed E-state index contributed by atoms with van der Waals surface area (Å²) in [6.07, 6.45) is 1.29. The van der Waals surface area contributed by atoms with Crippen molar-refractivity contribution in [2.24, 2.45) is 5.92 Å². The molecule has 6 nitrogen and oxygen atoms in total. The number of rotatable bonds is 7. The summed E-state index contributed by atoms with van der Waals surface area (Å²) in [4.78, 5) is 12.8. The van der Waals surface area contributed by atoms with Crippen molar-refractivity contribution < 1.29 is 17.9 Å². The fraction of sp³-hybridized carbons (Fsp3) is 0.409. The van der Waals surface area contributed by atoms with Gasteiger partial charge in [0.05, 0.1) is 22.4 Å². The van der Waals surface area contributed by atoms with E-state index in [0.717, 1.165) is 11.1 Å². The molecule has 1 fully saturated rings. The number of nitrogens with one attached hydrogen (secondary N) is 1. The van der Waals surface area contributed by atoms with Crippen molar-refractivity contribution in [2.45, 2.75) is 38.1 Å². The van der Waals surface area contributed by atoms with Gasteiger partial charge in [0.2, 0.25) is 15.9 Å². The molecule has 1 atom stereocenters. The normalized spacial score (nSPS) is 17.5. The number of carbonyl (C=O) groups is 1. The van der Waals surface area contributed by atoms with Gasteiger partial charge in [-0.1, -0.05) is 41.4 Å². The van der Waals surface area contributed by atoms with E-state index in [2.05, 4.69) is 5.32 Å². The second-order valence-corrected chi connectivity index (χ2v) is 9.78. The van der Waals surface area contributed by atoms with Gasteiger partial charge in [0.25, 0.3) is 0 Å². The van der Waals surface area contributed by atoms with Gasteiger partial charge < -0.3 is 10.1 Å². The lowest BCUT2D eigenvalue weighted by atomic mass is 9.98. The number of aryl methyl sites for hydroxylation is 1. The van der Waals surface area contributed by atoms with Crippen LogP contribution < -0.4 is 10.1 Å². The average molecular weight is 451 g/mol. The van der Waals surface area contributed by atoms with E-state index in [4.69, 9.17) is 16.3 Å².